The molecule has 1 atom stereocenters. The van der Waals surface area contributed by atoms with Crippen LogP contribution in [0.25, 0.3) is 0 Å². The Hall–Kier alpha value is -3.07. The van der Waals surface area contributed by atoms with Crippen LogP contribution in [0.3, 0.4) is 0 Å². The molecule has 1 unspecified atom stereocenters. The number of carbonyl (C=O) groups is 1. The lowest BCUT2D eigenvalue weighted by atomic mass is 9.96. The van der Waals surface area contributed by atoms with Crippen LogP contribution in [-0.2, 0) is 11.4 Å². The molecule has 0 radical (unpaired) electrons. The SMILES string of the molecule is Cc1cc(C)cc(OCc2nnc(SCC(=O)NC(c3ccc(F)cc3)C(C)C)n2N)c1. The molecule has 0 bridgehead atoms. The minimum atomic E-state index is -0.308. The summed E-state index contributed by atoms with van der Waals surface area (Å²) in [6.07, 6.45) is 0. The molecule has 1 amide bonds. The minimum absolute atomic E-state index is 0.123. The first kappa shape index (κ1) is 23.6. The molecule has 7 nitrogen and oxygen atoms in total. The van der Waals surface area contributed by atoms with Gasteiger partial charge in [0.15, 0.2) is 5.82 Å². The number of halogens is 1. The highest BCUT2D eigenvalue weighted by atomic mass is 32.2. The maximum absolute atomic E-state index is 13.2. The molecule has 3 N–H and O–H groups in total. The quantitative estimate of drug-likeness (QED) is 0.373. The normalized spacial score (nSPS) is 12.1. The van der Waals surface area contributed by atoms with Crippen molar-refractivity contribution in [3.05, 3.63) is 70.8 Å². The second kappa shape index (κ2) is 10.5. The molecule has 0 aliphatic carbocycles. The van der Waals surface area contributed by atoms with Gasteiger partial charge in [-0.25, -0.2) is 9.07 Å². The number of rotatable bonds is 9. The summed E-state index contributed by atoms with van der Waals surface area (Å²) in [6.45, 7) is 8.18. The van der Waals surface area contributed by atoms with E-state index in [4.69, 9.17) is 10.6 Å². The molecule has 0 aliphatic heterocycles. The maximum atomic E-state index is 13.2. The number of nitrogens with zero attached hydrogens (tertiary/aromatic N) is 3. The zero-order chi connectivity index (χ0) is 23.3. The fourth-order valence-corrected chi connectivity index (χ4v) is 4.00. The van der Waals surface area contributed by atoms with Crippen LogP contribution in [0.5, 0.6) is 5.75 Å². The summed E-state index contributed by atoms with van der Waals surface area (Å²) in [5.74, 6) is 7.07. The summed E-state index contributed by atoms with van der Waals surface area (Å²) >= 11 is 1.19. The molecule has 32 heavy (non-hydrogen) atoms. The van der Waals surface area contributed by atoms with Gasteiger partial charge in [0.25, 0.3) is 0 Å². The van der Waals surface area contributed by atoms with Crippen molar-refractivity contribution in [2.75, 3.05) is 11.6 Å². The van der Waals surface area contributed by atoms with Gasteiger partial charge in [0, 0.05) is 0 Å². The van der Waals surface area contributed by atoms with Gasteiger partial charge >= 0.3 is 0 Å². The van der Waals surface area contributed by atoms with Gasteiger partial charge in [0.1, 0.15) is 18.2 Å². The summed E-state index contributed by atoms with van der Waals surface area (Å²) in [7, 11) is 0. The lowest BCUT2D eigenvalue weighted by molar-refractivity contribution is -0.119. The molecular formula is C23H28FN5O2S. The molecule has 9 heteroatoms. The predicted octanol–water partition coefficient (Wildman–Crippen LogP) is 3.93. The molecule has 3 aromatic rings. The molecule has 170 valence electrons. The van der Waals surface area contributed by atoms with Crippen molar-refractivity contribution in [1.82, 2.24) is 20.2 Å². The van der Waals surface area contributed by atoms with Crippen LogP contribution in [-0.4, -0.2) is 26.5 Å². The first-order chi connectivity index (χ1) is 15.2. The monoisotopic (exact) mass is 457 g/mol. The first-order valence-corrected chi connectivity index (χ1v) is 11.3. The highest BCUT2D eigenvalue weighted by molar-refractivity contribution is 7.99. The first-order valence-electron chi connectivity index (χ1n) is 10.3. The smallest absolute Gasteiger partial charge is 0.230 e. The van der Waals surface area contributed by atoms with E-state index in [9.17, 15) is 9.18 Å². The highest BCUT2D eigenvalue weighted by Gasteiger charge is 2.19. The number of thioether (sulfide) groups is 1. The minimum Gasteiger partial charge on any atom is -0.486 e. The lowest BCUT2D eigenvalue weighted by Gasteiger charge is -2.23. The number of aromatic nitrogens is 3. The Morgan fingerprint density at radius 1 is 1.16 bits per heavy atom. The molecule has 1 aromatic heterocycles. The number of ether oxygens (including phenoxy) is 1. The lowest BCUT2D eigenvalue weighted by Crippen LogP contribution is -2.33. The van der Waals surface area contributed by atoms with Crippen molar-refractivity contribution >= 4 is 17.7 Å². The van der Waals surface area contributed by atoms with Gasteiger partial charge in [-0.2, -0.15) is 0 Å². The highest BCUT2D eigenvalue weighted by Crippen LogP contribution is 2.23. The van der Waals surface area contributed by atoms with E-state index in [2.05, 4.69) is 21.6 Å². The standard InChI is InChI=1S/C23H28FN5O2S/c1-14(2)22(17-5-7-18(24)8-6-17)26-21(30)13-32-23-28-27-20(29(23)25)12-31-19-10-15(3)9-16(4)11-19/h5-11,14,22H,12-13,25H2,1-4H3,(H,26,30). The Morgan fingerprint density at radius 2 is 1.81 bits per heavy atom. The van der Waals surface area contributed by atoms with Crippen LogP contribution in [0.15, 0.2) is 47.6 Å². The van der Waals surface area contributed by atoms with Crippen LogP contribution >= 0.6 is 11.8 Å². The van der Waals surface area contributed by atoms with E-state index in [1.54, 1.807) is 12.1 Å². The van der Waals surface area contributed by atoms with Crippen LogP contribution in [0.1, 0.15) is 42.4 Å². The average molecular weight is 458 g/mol. The maximum Gasteiger partial charge on any atom is 0.230 e. The number of nitrogens with one attached hydrogen (secondary N) is 1. The molecule has 1 heterocycles. The molecular weight excluding hydrogens is 429 g/mol. The van der Waals surface area contributed by atoms with Gasteiger partial charge in [-0.05, 0) is 60.7 Å². The third kappa shape index (κ3) is 6.23. The molecule has 0 aliphatic rings. The van der Waals surface area contributed by atoms with Crippen LogP contribution < -0.4 is 15.9 Å². The van der Waals surface area contributed by atoms with E-state index >= 15 is 0 Å². The molecule has 2 aromatic carbocycles. The van der Waals surface area contributed by atoms with Gasteiger partial charge in [-0.1, -0.05) is 43.8 Å². The van der Waals surface area contributed by atoms with Crippen molar-refractivity contribution in [1.29, 1.82) is 0 Å². The topological polar surface area (TPSA) is 95.1 Å². The Balaban J connectivity index is 1.56. The van der Waals surface area contributed by atoms with Crippen molar-refractivity contribution in [3.63, 3.8) is 0 Å². The van der Waals surface area contributed by atoms with Gasteiger partial charge < -0.3 is 15.9 Å². The Morgan fingerprint density at radius 3 is 2.44 bits per heavy atom. The van der Waals surface area contributed by atoms with Gasteiger partial charge in [0.2, 0.25) is 11.1 Å². The average Bonchev–Trinajstić information content (AvgIpc) is 3.08. The van der Waals surface area contributed by atoms with Gasteiger partial charge in [-0.3, -0.25) is 4.79 Å². The van der Waals surface area contributed by atoms with Crippen LogP contribution in [0.2, 0.25) is 0 Å². The zero-order valence-corrected chi connectivity index (χ0v) is 19.4. The fourth-order valence-electron chi connectivity index (χ4n) is 3.32. The van der Waals surface area contributed by atoms with Crippen LogP contribution in [0.4, 0.5) is 4.39 Å². The number of carbonyl (C=O) groups excluding carboxylic acids is 1. The summed E-state index contributed by atoms with van der Waals surface area (Å²) < 4.78 is 20.3. The van der Waals surface area contributed by atoms with Crippen molar-refractivity contribution in [3.8, 4) is 5.75 Å². The Labute approximate surface area is 191 Å². The van der Waals surface area contributed by atoms with Crippen molar-refractivity contribution in [2.45, 2.75) is 45.5 Å². The van der Waals surface area contributed by atoms with E-state index < -0.39 is 0 Å². The number of hydrogen-bond donors (Lipinski definition) is 2. The molecule has 0 saturated heterocycles. The third-order valence-corrected chi connectivity index (χ3v) is 5.79. The largest absolute Gasteiger partial charge is 0.486 e. The number of hydrogen-bond acceptors (Lipinski definition) is 6. The third-order valence-electron chi connectivity index (χ3n) is 4.84. The van der Waals surface area contributed by atoms with Crippen LogP contribution in [0, 0.1) is 25.6 Å². The predicted molar refractivity (Wildman–Crippen MR) is 123 cm³/mol. The van der Waals surface area contributed by atoms with Crippen molar-refractivity contribution in [2.24, 2.45) is 5.92 Å². The molecule has 0 saturated carbocycles. The number of nitrogen functional groups attached to an aromatic ring is 1. The Kier molecular flexibility index (Phi) is 7.74. The number of amides is 1. The van der Waals surface area contributed by atoms with Gasteiger partial charge in [-0.15, -0.1) is 10.2 Å². The summed E-state index contributed by atoms with van der Waals surface area (Å²) in [5.41, 5.74) is 3.07. The summed E-state index contributed by atoms with van der Waals surface area (Å²) in [4.78, 5) is 12.5. The second-order valence-corrected chi connectivity index (χ2v) is 8.95. The number of nitrogens with two attached hydrogens (primary N) is 1. The van der Waals surface area contributed by atoms with Gasteiger partial charge in [0.05, 0.1) is 11.8 Å². The van der Waals surface area contributed by atoms with E-state index in [0.717, 1.165) is 22.4 Å². The van der Waals surface area contributed by atoms with E-state index in [-0.39, 0.29) is 36.0 Å². The van der Waals surface area contributed by atoms with E-state index in [0.29, 0.717) is 11.0 Å². The summed E-state index contributed by atoms with van der Waals surface area (Å²) in [6, 6.07) is 11.9. The molecule has 3 rings (SSSR count). The molecule has 0 fully saturated rings. The fraction of sp³-hybridized carbons (Fsp3) is 0.348. The van der Waals surface area contributed by atoms with E-state index in [1.165, 1.54) is 28.6 Å². The second-order valence-electron chi connectivity index (χ2n) is 8.01. The summed E-state index contributed by atoms with van der Waals surface area (Å²) in [5, 5.41) is 11.6. The number of aryl methyl sites for hydroxylation is 2. The zero-order valence-electron chi connectivity index (χ0n) is 18.6. The Bertz CT molecular complexity index is 1050. The number of benzene rings is 2. The van der Waals surface area contributed by atoms with Crippen molar-refractivity contribution < 1.29 is 13.9 Å². The molecule has 0 spiro atoms. The van der Waals surface area contributed by atoms with E-state index in [1.807, 2.05) is 39.8 Å².